The Hall–Kier alpha value is -1.62. The molecule has 0 aromatic carbocycles. The SMILES string of the molecule is CC(C)(C)OC(=O)N1CCN2C(=O)COC[C@H]2C1.Cl.O=C1COC[C@H]2CNCCN12. The van der Waals surface area contributed by atoms with Gasteiger partial charge in [-0.25, -0.2) is 4.79 Å². The van der Waals surface area contributed by atoms with Crippen LogP contribution in [0.1, 0.15) is 20.8 Å². The molecule has 11 heteroatoms. The number of ether oxygens (including phenoxy) is 3. The van der Waals surface area contributed by atoms with E-state index >= 15 is 0 Å². The lowest BCUT2D eigenvalue weighted by molar-refractivity contribution is -0.152. The van der Waals surface area contributed by atoms with Crippen LogP contribution in [-0.2, 0) is 23.8 Å². The van der Waals surface area contributed by atoms with Gasteiger partial charge in [0, 0.05) is 39.3 Å². The van der Waals surface area contributed by atoms with Crippen LogP contribution in [0.25, 0.3) is 0 Å². The molecular formula is C19H33ClN4O6. The smallest absolute Gasteiger partial charge is 0.410 e. The maximum atomic E-state index is 11.9. The molecule has 0 aromatic rings. The van der Waals surface area contributed by atoms with Crippen LogP contribution in [0.5, 0.6) is 0 Å². The van der Waals surface area contributed by atoms with E-state index in [9.17, 15) is 14.4 Å². The van der Waals surface area contributed by atoms with Crippen molar-refractivity contribution in [3.63, 3.8) is 0 Å². The van der Waals surface area contributed by atoms with Crippen LogP contribution in [0, 0.1) is 0 Å². The summed E-state index contributed by atoms with van der Waals surface area (Å²) in [4.78, 5) is 40.1. The lowest BCUT2D eigenvalue weighted by atomic mass is 10.1. The van der Waals surface area contributed by atoms with Gasteiger partial charge in [0.1, 0.15) is 18.8 Å². The maximum absolute atomic E-state index is 11.9. The van der Waals surface area contributed by atoms with Gasteiger partial charge in [-0.3, -0.25) is 9.59 Å². The predicted molar refractivity (Wildman–Crippen MR) is 111 cm³/mol. The Morgan fingerprint density at radius 3 is 2.20 bits per heavy atom. The largest absolute Gasteiger partial charge is 0.444 e. The predicted octanol–water partition coefficient (Wildman–Crippen LogP) is -0.297. The first-order valence-corrected chi connectivity index (χ1v) is 10.2. The third-order valence-corrected chi connectivity index (χ3v) is 5.20. The molecule has 0 unspecified atom stereocenters. The number of fused-ring (bicyclic) bond motifs is 2. The molecule has 4 rings (SSSR count). The van der Waals surface area contributed by atoms with Gasteiger partial charge < -0.3 is 34.2 Å². The number of nitrogens with one attached hydrogen (secondary N) is 1. The minimum atomic E-state index is -0.493. The van der Waals surface area contributed by atoms with E-state index in [0.29, 0.717) is 32.8 Å². The number of nitrogens with zero attached hydrogens (tertiary/aromatic N) is 3. The third kappa shape index (κ3) is 6.44. The quantitative estimate of drug-likeness (QED) is 0.543. The van der Waals surface area contributed by atoms with E-state index in [-0.39, 0.29) is 55.6 Å². The fraction of sp³-hybridized carbons (Fsp3) is 0.842. The van der Waals surface area contributed by atoms with E-state index in [0.717, 1.165) is 19.6 Å². The summed E-state index contributed by atoms with van der Waals surface area (Å²) in [5, 5.41) is 3.23. The Balaban J connectivity index is 0.000000229. The van der Waals surface area contributed by atoms with Crippen LogP contribution < -0.4 is 5.32 Å². The lowest BCUT2D eigenvalue weighted by Gasteiger charge is -2.43. The van der Waals surface area contributed by atoms with Crippen molar-refractivity contribution in [2.24, 2.45) is 0 Å². The van der Waals surface area contributed by atoms with E-state index in [1.807, 2.05) is 25.7 Å². The number of amides is 3. The van der Waals surface area contributed by atoms with Crippen molar-refractivity contribution in [1.29, 1.82) is 0 Å². The third-order valence-electron chi connectivity index (χ3n) is 5.20. The number of halogens is 1. The molecule has 2 atom stereocenters. The highest BCUT2D eigenvalue weighted by Crippen LogP contribution is 2.17. The molecule has 30 heavy (non-hydrogen) atoms. The summed E-state index contributed by atoms with van der Waals surface area (Å²) in [6.45, 7) is 11.4. The van der Waals surface area contributed by atoms with E-state index < -0.39 is 5.60 Å². The molecular weight excluding hydrogens is 416 g/mol. The van der Waals surface area contributed by atoms with Crippen molar-refractivity contribution in [2.45, 2.75) is 38.5 Å². The molecule has 4 aliphatic heterocycles. The summed E-state index contributed by atoms with van der Waals surface area (Å²) >= 11 is 0. The molecule has 0 aliphatic carbocycles. The number of carbonyl (C=O) groups excluding carboxylic acids is 3. The van der Waals surface area contributed by atoms with Gasteiger partial charge in [-0.05, 0) is 20.8 Å². The number of hydrogen-bond acceptors (Lipinski definition) is 7. The van der Waals surface area contributed by atoms with Gasteiger partial charge in [0.15, 0.2) is 0 Å². The summed E-state index contributed by atoms with van der Waals surface area (Å²) < 4.78 is 15.7. The molecule has 4 heterocycles. The molecule has 4 fully saturated rings. The van der Waals surface area contributed by atoms with Crippen molar-refractivity contribution in [3.8, 4) is 0 Å². The van der Waals surface area contributed by atoms with E-state index in [2.05, 4.69) is 5.32 Å². The molecule has 4 aliphatic rings. The van der Waals surface area contributed by atoms with Crippen LogP contribution in [0.4, 0.5) is 4.79 Å². The van der Waals surface area contributed by atoms with Crippen LogP contribution >= 0.6 is 12.4 Å². The fourth-order valence-electron chi connectivity index (χ4n) is 3.79. The Labute approximate surface area is 183 Å². The summed E-state index contributed by atoms with van der Waals surface area (Å²) in [5.41, 5.74) is -0.493. The molecule has 1 N–H and O–H groups in total. The van der Waals surface area contributed by atoms with Gasteiger partial charge in [-0.2, -0.15) is 0 Å². The summed E-state index contributed by atoms with van der Waals surface area (Å²) in [6, 6.07) is 0.248. The average molecular weight is 449 g/mol. The fourth-order valence-corrected chi connectivity index (χ4v) is 3.79. The summed E-state index contributed by atoms with van der Waals surface area (Å²) in [6.07, 6.45) is -0.319. The van der Waals surface area contributed by atoms with Crippen LogP contribution in [0.3, 0.4) is 0 Å². The van der Waals surface area contributed by atoms with Crippen molar-refractivity contribution in [2.75, 3.05) is 65.7 Å². The van der Waals surface area contributed by atoms with Crippen molar-refractivity contribution in [3.05, 3.63) is 0 Å². The topological polar surface area (TPSA) is 101 Å². The van der Waals surface area contributed by atoms with Crippen LogP contribution in [0.2, 0.25) is 0 Å². The molecule has 3 amide bonds. The first-order chi connectivity index (χ1) is 13.7. The first-order valence-electron chi connectivity index (χ1n) is 10.2. The Morgan fingerprint density at radius 1 is 1.00 bits per heavy atom. The number of rotatable bonds is 0. The zero-order chi connectivity index (χ0) is 21.0. The van der Waals surface area contributed by atoms with Crippen LogP contribution in [-0.4, -0.2) is 116 Å². The molecule has 0 aromatic heterocycles. The van der Waals surface area contributed by atoms with E-state index in [1.165, 1.54) is 0 Å². The van der Waals surface area contributed by atoms with Gasteiger partial charge >= 0.3 is 6.09 Å². The zero-order valence-corrected chi connectivity index (χ0v) is 18.7. The normalized spacial score (nSPS) is 26.6. The monoisotopic (exact) mass is 448 g/mol. The van der Waals surface area contributed by atoms with Gasteiger partial charge in [-0.1, -0.05) is 0 Å². The van der Waals surface area contributed by atoms with E-state index in [4.69, 9.17) is 14.2 Å². The number of morpholine rings is 2. The standard InChI is InChI=1S/C12H20N2O4.C7H12N2O2.ClH/c1-12(2,3)18-11(16)13-4-5-14-9(6-13)7-17-8-10(14)15;10-7-5-11-4-6-3-8-1-2-9(6)7;/h9H,4-8H2,1-3H3;6,8H,1-5H2;1H/t9-;6-;/m11./s1. The second-order valence-electron chi connectivity index (χ2n) is 8.64. The first kappa shape index (κ1) is 24.6. The molecule has 0 spiro atoms. The Bertz CT molecular complexity index is 627. The van der Waals surface area contributed by atoms with Crippen molar-refractivity contribution in [1.82, 2.24) is 20.0 Å². The maximum Gasteiger partial charge on any atom is 0.410 e. The number of carbonyl (C=O) groups is 3. The minimum absolute atomic E-state index is 0. The number of piperazine rings is 2. The Morgan fingerprint density at radius 2 is 1.60 bits per heavy atom. The van der Waals surface area contributed by atoms with Gasteiger partial charge in [0.05, 0.1) is 25.3 Å². The van der Waals surface area contributed by atoms with E-state index in [1.54, 1.807) is 9.80 Å². The lowest BCUT2D eigenvalue weighted by Crippen LogP contribution is -2.61. The highest BCUT2D eigenvalue weighted by molar-refractivity contribution is 5.85. The molecule has 0 saturated carbocycles. The minimum Gasteiger partial charge on any atom is -0.444 e. The molecule has 0 bridgehead atoms. The molecule has 172 valence electrons. The van der Waals surface area contributed by atoms with Crippen molar-refractivity contribution < 1.29 is 28.6 Å². The zero-order valence-electron chi connectivity index (χ0n) is 17.9. The van der Waals surface area contributed by atoms with Gasteiger partial charge in [0.2, 0.25) is 11.8 Å². The second kappa shape index (κ2) is 10.6. The second-order valence-corrected chi connectivity index (χ2v) is 8.64. The molecule has 4 saturated heterocycles. The molecule has 0 radical (unpaired) electrons. The number of hydrogen-bond donors (Lipinski definition) is 1. The van der Waals surface area contributed by atoms with Crippen LogP contribution in [0.15, 0.2) is 0 Å². The van der Waals surface area contributed by atoms with Crippen molar-refractivity contribution >= 4 is 30.3 Å². The molecule has 10 nitrogen and oxygen atoms in total. The summed E-state index contributed by atoms with van der Waals surface area (Å²) in [7, 11) is 0. The highest BCUT2D eigenvalue weighted by Gasteiger charge is 2.36. The average Bonchev–Trinajstić information content (AvgIpc) is 2.68. The van der Waals surface area contributed by atoms with Gasteiger partial charge in [0.25, 0.3) is 0 Å². The highest BCUT2D eigenvalue weighted by atomic mass is 35.5. The summed E-state index contributed by atoms with van der Waals surface area (Å²) in [5.74, 6) is 0.151. The van der Waals surface area contributed by atoms with Gasteiger partial charge in [-0.15, -0.1) is 12.4 Å². The Kier molecular flexibility index (Phi) is 8.72.